The van der Waals surface area contributed by atoms with Crippen LogP contribution in [0.5, 0.6) is 0 Å². The third-order valence-corrected chi connectivity index (χ3v) is 3.00. The van der Waals surface area contributed by atoms with Crippen molar-refractivity contribution < 1.29 is 4.74 Å². The average Bonchev–Trinajstić information content (AvgIpc) is 2.05. The van der Waals surface area contributed by atoms with Gasteiger partial charge < -0.3 is 4.74 Å². The van der Waals surface area contributed by atoms with Crippen LogP contribution in [0.2, 0.25) is 0 Å². The second-order valence-corrected chi connectivity index (χ2v) is 4.55. The minimum absolute atomic E-state index is 0.0140. The number of ether oxygens (including phenoxy) is 1. The minimum atomic E-state index is 0.0140. The predicted molar refractivity (Wildman–Crippen MR) is 56.7 cm³/mol. The van der Waals surface area contributed by atoms with Crippen LogP contribution in [-0.4, -0.2) is 12.2 Å². The van der Waals surface area contributed by atoms with E-state index in [1.807, 2.05) is 0 Å². The van der Waals surface area contributed by atoms with Gasteiger partial charge in [-0.3, -0.25) is 0 Å². The number of hydrogen-bond donors (Lipinski definition) is 0. The summed E-state index contributed by atoms with van der Waals surface area (Å²) in [5.74, 6) is 1.52. The molecule has 1 heteroatoms. The largest absolute Gasteiger partial charge is 0.372 e. The van der Waals surface area contributed by atoms with Gasteiger partial charge in [0.1, 0.15) is 0 Å². The van der Waals surface area contributed by atoms with Gasteiger partial charge in [-0.25, -0.2) is 0 Å². The zero-order chi connectivity index (χ0) is 9.90. The molecule has 13 heavy (non-hydrogen) atoms. The van der Waals surface area contributed by atoms with Crippen LogP contribution in [0.3, 0.4) is 0 Å². The maximum Gasteiger partial charge on any atom is 0.0834 e. The van der Waals surface area contributed by atoms with Gasteiger partial charge in [0.05, 0.1) is 5.60 Å². The summed E-state index contributed by atoms with van der Waals surface area (Å²) in [5.41, 5.74) is 0.0140. The molecule has 1 aliphatic carbocycles. The molecule has 0 radical (unpaired) electrons. The van der Waals surface area contributed by atoms with Gasteiger partial charge in [-0.2, -0.15) is 0 Å². The summed E-state index contributed by atoms with van der Waals surface area (Å²) in [6.45, 7) is 9.64. The molecule has 0 saturated heterocycles. The first-order valence-electron chi connectivity index (χ1n) is 5.41. The van der Waals surface area contributed by atoms with Crippen molar-refractivity contribution in [1.29, 1.82) is 0 Å². The van der Waals surface area contributed by atoms with Crippen molar-refractivity contribution in [2.24, 2.45) is 11.8 Å². The SMILES string of the molecule is CCO[C@@]1(C)C=C[C@H](C(C)C)CC1. The fourth-order valence-corrected chi connectivity index (χ4v) is 1.97. The Balaban J connectivity index is 2.55. The molecule has 0 aromatic rings. The number of hydrogen-bond acceptors (Lipinski definition) is 1. The van der Waals surface area contributed by atoms with Crippen molar-refractivity contribution >= 4 is 0 Å². The molecule has 0 spiro atoms. The van der Waals surface area contributed by atoms with Crippen LogP contribution in [0, 0.1) is 11.8 Å². The fraction of sp³-hybridized carbons (Fsp3) is 0.833. The van der Waals surface area contributed by atoms with Crippen LogP contribution in [0.15, 0.2) is 12.2 Å². The van der Waals surface area contributed by atoms with Crippen molar-refractivity contribution in [3.05, 3.63) is 12.2 Å². The monoisotopic (exact) mass is 182 g/mol. The highest BCUT2D eigenvalue weighted by molar-refractivity contribution is 5.07. The van der Waals surface area contributed by atoms with E-state index >= 15 is 0 Å². The van der Waals surface area contributed by atoms with E-state index in [0.29, 0.717) is 0 Å². The Morgan fingerprint density at radius 1 is 1.54 bits per heavy atom. The third-order valence-electron chi connectivity index (χ3n) is 3.00. The summed E-state index contributed by atoms with van der Waals surface area (Å²) in [6.07, 6.45) is 7.03. The van der Waals surface area contributed by atoms with E-state index in [1.165, 1.54) is 12.8 Å². The Morgan fingerprint density at radius 2 is 2.23 bits per heavy atom. The van der Waals surface area contributed by atoms with Crippen LogP contribution in [0.1, 0.15) is 40.5 Å². The summed E-state index contributed by atoms with van der Waals surface area (Å²) in [7, 11) is 0. The molecule has 0 aliphatic heterocycles. The summed E-state index contributed by atoms with van der Waals surface area (Å²) < 4.78 is 5.71. The lowest BCUT2D eigenvalue weighted by Crippen LogP contribution is -2.30. The van der Waals surface area contributed by atoms with Gasteiger partial charge >= 0.3 is 0 Å². The molecule has 0 saturated carbocycles. The van der Waals surface area contributed by atoms with Crippen LogP contribution < -0.4 is 0 Å². The molecule has 0 bridgehead atoms. The first-order valence-corrected chi connectivity index (χ1v) is 5.41. The standard InChI is InChI=1S/C12H22O/c1-5-13-12(4)8-6-11(7-9-12)10(2)3/h6,8,10-11H,5,7,9H2,1-4H3/t11-,12-/m0/s1. The highest BCUT2D eigenvalue weighted by Gasteiger charge is 2.27. The number of rotatable bonds is 3. The summed E-state index contributed by atoms with van der Waals surface area (Å²) >= 11 is 0. The van der Waals surface area contributed by atoms with Crippen molar-refractivity contribution in [2.75, 3.05) is 6.61 Å². The zero-order valence-corrected chi connectivity index (χ0v) is 9.34. The molecule has 0 N–H and O–H groups in total. The molecule has 1 aliphatic rings. The van der Waals surface area contributed by atoms with Gasteiger partial charge in [0, 0.05) is 6.61 Å². The Hall–Kier alpha value is -0.300. The molecule has 2 atom stereocenters. The van der Waals surface area contributed by atoms with Crippen LogP contribution in [-0.2, 0) is 4.74 Å². The van der Waals surface area contributed by atoms with Gasteiger partial charge in [0.25, 0.3) is 0 Å². The Kier molecular flexibility index (Phi) is 3.55. The van der Waals surface area contributed by atoms with Gasteiger partial charge in [-0.05, 0) is 38.5 Å². The van der Waals surface area contributed by atoms with Crippen LogP contribution in [0.25, 0.3) is 0 Å². The van der Waals surface area contributed by atoms with Crippen LogP contribution in [0.4, 0.5) is 0 Å². The molecule has 0 aromatic heterocycles. The molecule has 0 unspecified atom stereocenters. The van der Waals surface area contributed by atoms with E-state index in [9.17, 15) is 0 Å². The molecule has 0 aromatic carbocycles. The fourth-order valence-electron chi connectivity index (χ4n) is 1.97. The Morgan fingerprint density at radius 3 is 2.62 bits per heavy atom. The second-order valence-electron chi connectivity index (χ2n) is 4.55. The maximum absolute atomic E-state index is 5.71. The smallest absolute Gasteiger partial charge is 0.0834 e. The maximum atomic E-state index is 5.71. The summed E-state index contributed by atoms with van der Waals surface area (Å²) in [6, 6.07) is 0. The summed E-state index contributed by atoms with van der Waals surface area (Å²) in [4.78, 5) is 0. The van der Waals surface area contributed by atoms with Crippen molar-refractivity contribution in [1.82, 2.24) is 0 Å². The highest BCUT2D eigenvalue weighted by Crippen LogP contribution is 2.31. The molecular weight excluding hydrogens is 160 g/mol. The Labute approximate surface area is 82.2 Å². The molecule has 0 fully saturated rings. The lowest BCUT2D eigenvalue weighted by molar-refractivity contribution is -0.00217. The first kappa shape index (κ1) is 10.8. The molecule has 1 rings (SSSR count). The van der Waals surface area contributed by atoms with Crippen molar-refractivity contribution in [2.45, 2.75) is 46.1 Å². The summed E-state index contributed by atoms with van der Waals surface area (Å²) in [5, 5.41) is 0. The number of allylic oxidation sites excluding steroid dienone is 1. The Bertz CT molecular complexity index is 184. The van der Waals surface area contributed by atoms with Gasteiger partial charge in [0.15, 0.2) is 0 Å². The van der Waals surface area contributed by atoms with Crippen molar-refractivity contribution in [3.8, 4) is 0 Å². The van der Waals surface area contributed by atoms with E-state index < -0.39 is 0 Å². The molecule has 0 amide bonds. The molecule has 76 valence electrons. The predicted octanol–water partition coefficient (Wildman–Crippen LogP) is 3.40. The lowest BCUT2D eigenvalue weighted by atomic mass is 9.81. The minimum Gasteiger partial charge on any atom is -0.372 e. The molecular formula is C12H22O. The average molecular weight is 182 g/mol. The van der Waals surface area contributed by atoms with E-state index in [1.54, 1.807) is 0 Å². The van der Waals surface area contributed by atoms with Gasteiger partial charge in [0.2, 0.25) is 0 Å². The van der Waals surface area contributed by atoms with Crippen LogP contribution >= 0.6 is 0 Å². The molecule has 0 heterocycles. The highest BCUT2D eigenvalue weighted by atomic mass is 16.5. The quantitative estimate of drug-likeness (QED) is 0.608. The topological polar surface area (TPSA) is 9.23 Å². The second kappa shape index (κ2) is 4.28. The zero-order valence-electron chi connectivity index (χ0n) is 9.34. The normalized spacial score (nSPS) is 34.1. The van der Waals surface area contributed by atoms with Gasteiger partial charge in [-0.15, -0.1) is 0 Å². The van der Waals surface area contributed by atoms with E-state index in [-0.39, 0.29) is 5.60 Å². The van der Waals surface area contributed by atoms with E-state index in [4.69, 9.17) is 4.74 Å². The van der Waals surface area contributed by atoms with E-state index in [0.717, 1.165) is 18.4 Å². The third kappa shape index (κ3) is 2.84. The lowest BCUT2D eigenvalue weighted by Gasteiger charge is -2.33. The first-order chi connectivity index (χ1) is 6.07. The molecule has 1 nitrogen and oxygen atoms in total. The van der Waals surface area contributed by atoms with E-state index in [2.05, 4.69) is 39.8 Å². The van der Waals surface area contributed by atoms with Gasteiger partial charge in [-0.1, -0.05) is 26.0 Å². The van der Waals surface area contributed by atoms with Crippen molar-refractivity contribution in [3.63, 3.8) is 0 Å².